The van der Waals surface area contributed by atoms with Crippen LogP contribution in [0.2, 0.25) is 0 Å². The molecule has 1 atom stereocenters. The van der Waals surface area contributed by atoms with Gasteiger partial charge in [-0.2, -0.15) is 11.3 Å². The van der Waals surface area contributed by atoms with Gasteiger partial charge in [-0.1, -0.05) is 31.2 Å². The number of carbonyl (C=O) groups excluding carboxylic acids is 1. The molecule has 1 fully saturated rings. The maximum absolute atomic E-state index is 14.4. The number of anilines is 1. The van der Waals surface area contributed by atoms with Gasteiger partial charge in [0, 0.05) is 42.3 Å². The molecule has 174 valence electrons. The molecule has 7 heteroatoms. The fourth-order valence-corrected chi connectivity index (χ4v) is 4.33. The van der Waals surface area contributed by atoms with Crippen LogP contribution < -0.4 is 4.90 Å². The minimum absolute atomic E-state index is 0. The molecule has 0 aromatic heterocycles. The zero-order valence-electron chi connectivity index (χ0n) is 19.4. The van der Waals surface area contributed by atoms with Gasteiger partial charge in [-0.3, -0.25) is 4.79 Å². The van der Waals surface area contributed by atoms with Gasteiger partial charge in [0.1, 0.15) is 11.9 Å². The van der Waals surface area contributed by atoms with E-state index in [1.54, 1.807) is 18.2 Å². The Bertz CT molecular complexity index is 1140. The van der Waals surface area contributed by atoms with E-state index < -0.39 is 11.6 Å². The summed E-state index contributed by atoms with van der Waals surface area (Å²) < 4.78 is 28.3. The molecule has 0 saturated carbocycles. The standard InChI is InChI=1S/C26H24F2N3O.CH3.U/c1-2-18-5-4-11-30(17-18)26(32)20-10-12-31(23-7-3-6-22(27)15-23)25(14-20)19-8-9-21(16-29)24(28)13-19;;/h3,7-10,13-15,18H,2,4-5,11-12,17H2,1H3;1H3;/q2*-1;+2/t18-;;/m1../s1. The fraction of sp³-hybridized carbons (Fsp3) is 0.296. The molecule has 1 amide bonds. The number of halogens is 2. The average molecular weight is 686 g/mol. The molecule has 4 rings (SSSR count). The minimum atomic E-state index is -0.636. The molecule has 0 bridgehead atoms. The summed E-state index contributed by atoms with van der Waals surface area (Å²) in [5, 5.41) is 9.06. The molecule has 1 saturated heterocycles. The Balaban J connectivity index is 0.00000204. The first-order valence-corrected chi connectivity index (χ1v) is 10.9. The van der Waals surface area contributed by atoms with Crippen molar-refractivity contribution in [2.75, 3.05) is 24.5 Å². The first kappa shape index (κ1) is 27.8. The van der Waals surface area contributed by atoms with Crippen molar-refractivity contribution in [3.63, 3.8) is 0 Å². The first-order valence-electron chi connectivity index (χ1n) is 10.9. The second-order valence-electron chi connectivity index (χ2n) is 8.17. The van der Waals surface area contributed by atoms with E-state index in [1.807, 2.05) is 21.9 Å². The molecule has 0 unspecified atom stereocenters. The van der Waals surface area contributed by atoms with Crippen LogP contribution in [0.25, 0.3) is 5.70 Å². The van der Waals surface area contributed by atoms with E-state index in [9.17, 15) is 13.6 Å². The summed E-state index contributed by atoms with van der Waals surface area (Å²) >= 11 is 0. The predicted octanol–water partition coefficient (Wildman–Crippen LogP) is 5.52. The average Bonchev–Trinajstić information content (AvgIpc) is 2.83. The molecule has 0 spiro atoms. The Hall–Kier alpha value is -2.41. The molecule has 0 aliphatic carbocycles. The summed E-state index contributed by atoms with van der Waals surface area (Å²) in [6.07, 6.45) is 6.72. The topological polar surface area (TPSA) is 47.3 Å². The van der Waals surface area contributed by atoms with Gasteiger partial charge in [0.2, 0.25) is 0 Å². The van der Waals surface area contributed by atoms with Crippen LogP contribution in [0.15, 0.2) is 54.1 Å². The molecule has 0 radical (unpaired) electrons. The van der Waals surface area contributed by atoms with Crippen molar-refractivity contribution in [3.8, 4) is 6.07 Å². The number of hydrogen-bond donors (Lipinski definition) is 0. The van der Waals surface area contributed by atoms with Crippen molar-refractivity contribution in [2.45, 2.75) is 26.2 Å². The van der Waals surface area contributed by atoms with Gasteiger partial charge in [0.25, 0.3) is 5.91 Å². The Morgan fingerprint density at radius 1 is 1.26 bits per heavy atom. The van der Waals surface area contributed by atoms with E-state index in [2.05, 4.69) is 13.0 Å². The van der Waals surface area contributed by atoms with Crippen molar-refractivity contribution in [2.24, 2.45) is 5.92 Å². The van der Waals surface area contributed by atoms with Crippen LogP contribution in [0.1, 0.15) is 37.3 Å². The first-order chi connectivity index (χ1) is 15.5. The smallest absolute Gasteiger partial charge is 0.360 e. The zero-order valence-corrected chi connectivity index (χ0v) is 23.6. The maximum atomic E-state index is 14.4. The van der Waals surface area contributed by atoms with Crippen LogP contribution in [0.4, 0.5) is 14.5 Å². The normalized spacial score (nSPS) is 17.5. The third-order valence-electron chi connectivity index (χ3n) is 6.15. The number of amides is 1. The Kier molecular flexibility index (Phi) is 10.1. The van der Waals surface area contributed by atoms with Crippen molar-refractivity contribution >= 4 is 17.3 Å². The summed E-state index contributed by atoms with van der Waals surface area (Å²) in [5.74, 6) is -0.671. The zero-order chi connectivity index (χ0) is 22.7. The van der Waals surface area contributed by atoms with E-state index >= 15 is 0 Å². The van der Waals surface area contributed by atoms with Crippen LogP contribution >= 0.6 is 0 Å². The van der Waals surface area contributed by atoms with Gasteiger partial charge in [0.05, 0.1) is 5.56 Å². The second kappa shape index (κ2) is 12.3. The quantitative estimate of drug-likeness (QED) is 0.399. The van der Waals surface area contributed by atoms with E-state index in [1.165, 1.54) is 24.3 Å². The van der Waals surface area contributed by atoms with E-state index in [4.69, 9.17) is 5.26 Å². The summed E-state index contributed by atoms with van der Waals surface area (Å²) in [5.41, 5.74) is 2.15. The van der Waals surface area contributed by atoms with Gasteiger partial charge in [0.15, 0.2) is 0 Å². The van der Waals surface area contributed by atoms with Crippen molar-refractivity contribution in [1.29, 1.82) is 5.26 Å². The van der Waals surface area contributed by atoms with E-state index in [-0.39, 0.29) is 50.0 Å². The van der Waals surface area contributed by atoms with Gasteiger partial charge in [-0.25, -0.2) is 8.78 Å². The molecule has 0 N–H and O–H groups in total. The molecular formula is C27H27F2N3OU. The maximum Gasteiger partial charge on any atom is 2.00 e. The Labute approximate surface area is 224 Å². The minimum Gasteiger partial charge on any atom is -0.360 e. The molecule has 2 heterocycles. The molecule has 34 heavy (non-hydrogen) atoms. The molecular weight excluding hydrogens is 658 g/mol. The summed E-state index contributed by atoms with van der Waals surface area (Å²) in [7, 11) is 0. The number of benzene rings is 2. The molecule has 4 nitrogen and oxygen atoms in total. The van der Waals surface area contributed by atoms with Gasteiger partial charge in [-0.05, 0) is 37.0 Å². The van der Waals surface area contributed by atoms with Gasteiger partial charge < -0.3 is 17.2 Å². The number of nitrogens with zero attached hydrogens (tertiary/aromatic N) is 3. The van der Waals surface area contributed by atoms with Crippen LogP contribution in [-0.2, 0) is 4.79 Å². The number of piperidine rings is 1. The Morgan fingerprint density at radius 3 is 2.74 bits per heavy atom. The van der Waals surface area contributed by atoms with Gasteiger partial charge in [-0.15, -0.1) is 18.2 Å². The van der Waals surface area contributed by atoms with Crippen molar-refractivity contribution < 1.29 is 44.7 Å². The van der Waals surface area contributed by atoms with Crippen molar-refractivity contribution in [3.05, 3.63) is 90.4 Å². The number of likely N-dealkylation sites (tertiary alicyclic amines) is 1. The summed E-state index contributed by atoms with van der Waals surface area (Å²) in [4.78, 5) is 17.0. The largest absolute Gasteiger partial charge is 2.00 e. The van der Waals surface area contributed by atoms with Crippen LogP contribution in [0.3, 0.4) is 0 Å². The molecule has 2 aliphatic rings. The third kappa shape index (κ3) is 5.98. The molecule has 2 aliphatic heterocycles. The summed E-state index contributed by atoms with van der Waals surface area (Å²) in [6, 6.07) is 13.2. The number of nitriles is 1. The van der Waals surface area contributed by atoms with Crippen LogP contribution in [0, 0.1) is 73.5 Å². The monoisotopic (exact) mass is 685 g/mol. The molecule has 2 aromatic carbocycles. The van der Waals surface area contributed by atoms with Crippen LogP contribution in [0.5, 0.6) is 0 Å². The van der Waals surface area contributed by atoms with Crippen LogP contribution in [-0.4, -0.2) is 30.4 Å². The number of rotatable bonds is 4. The SMILES string of the molecule is CC[C@@H]1CCCN(C(=O)C2=CCN(c3cc[c-]c(F)c3)C(c3ccc(C#N)c(F)c3)=C2)C1.[CH3-].[U+2]. The second-order valence-corrected chi connectivity index (χ2v) is 8.17. The molecule has 2 aromatic rings. The third-order valence-corrected chi connectivity index (χ3v) is 6.15. The van der Waals surface area contributed by atoms with E-state index in [0.29, 0.717) is 35.0 Å². The van der Waals surface area contributed by atoms with Gasteiger partial charge >= 0.3 is 31.1 Å². The fourth-order valence-electron chi connectivity index (χ4n) is 4.33. The number of carbonyl (C=O) groups is 1. The number of hydrogen-bond acceptors (Lipinski definition) is 3. The Morgan fingerprint density at radius 2 is 2.06 bits per heavy atom. The summed E-state index contributed by atoms with van der Waals surface area (Å²) in [6.45, 7) is 3.95. The van der Waals surface area contributed by atoms with E-state index in [0.717, 1.165) is 32.4 Å². The van der Waals surface area contributed by atoms with Crippen molar-refractivity contribution in [1.82, 2.24) is 4.90 Å². The predicted molar refractivity (Wildman–Crippen MR) is 126 cm³/mol.